The van der Waals surface area contributed by atoms with E-state index in [4.69, 9.17) is 4.42 Å². The van der Waals surface area contributed by atoms with Crippen LogP contribution in [0.15, 0.2) is 22.8 Å². The number of rotatable bonds is 1. The SMILES string of the molecule is O=C(c1ccco1)N1CCC[C@H](C(F)(F)F)C1. The monoisotopic (exact) mass is 247 g/mol. The fourth-order valence-corrected chi connectivity index (χ4v) is 1.98. The molecule has 0 N–H and O–H groups in total. The largest absolute Gasteiger partial charge is 0.459 e. The van der Waals surface area contributed by atoms with E-state index in [1.165, 1.54) is 17.2 Å². The van der Waals surface area contributed by atoms with Crippen LogP contribution in [0.1, 0.15) is 23.4 Å². The molecule has 0 aliphatic carbocycles. The first-order valence-corrected chi connectivity index (χ1v) is 5.38. The summed E-state index contributed by atoms with van der Waals surface area (Å²) in [6, 6.07) is 3.00. The van der Waals surface area contributed by atoms with Crippen molar-refractivity contribution in [2.75, 3.05) is 13.1 Å². The number of piperidine rings is 1. The topological polar surface area (TPSA) is 33.5 Å². The minimum atomic E-state index is -4.23. The lowest BCUT2D eigenvalue weighted by Gasteiger charge is -2.33. The minimum absolute atomic E-state index is 0.0887. The molecule has 0 bridgehead atoms. The van der Waals surface area contributed by atoms with Crippen molar-refractivity contribution in [3.63, 3.8) is 0 Å². The van der Waals surface area contributed by atoms with Crippen molar-refractivity contribution >= 4 is 5.91 Å². The number of hydrogen-bond donors (Lipinski definition) is 0. The third kappa shape index (κ3) is 2.62. The van der Waals surface area contributed by atoms with Crippen LogP contribution in [0.5, 0.6) is 0 Å². The molecule has 0 spiro atoms. The van der Waals surface area contributed by atoms with E-state index >= 15 is 0 Å². The number of amides is 1. The van der Waals surface area contributed by atoms with Crippen molar-refractivity contribution in [2.45, 2.75) is 19.0 Å². The van der Waals surface area contributed by atoms with Crippen LogP contribution in [0.2, 0.25) is 0 Å². The molecule has 0 radical (unpaired) electrons. The number of carbonyl (C=O) groups is 1. The first-order valence-electron chi connectivity index (χ1n) is 5.38. The van der Waals surface area contributed by atoms with Gasteiger partial charge in [0.1, 0.15) is 0 Å². The van der Waals surface area contributed by atoms with E-state index in [1.54, 1.807) is 6.07 Å². The summed E-state index contributed by atoms with van der Waals surface area (Å²) in [6.45, 7) is 0.0785. The summed E-state index contributed by atoms with van der Waals surface area (Å²) in [7, 11) is 0. The van der Waals surface area contributed by atoms with Gasteiger partial charge in [-0.05, 0) is 25.0 Å². The molecule has 0 unspecified atom stereocenters. The highest BCUT2D eigenvalue weighted by molar-refractivity contribution is 5.91. The Morgan fingerprint density at radius 1 is 1.47 bits per heavy atom. The lowest BCUT2D eigenvalue weighted by Crippen LogP contribution is -2.44. The third-order valence-electron chi connectivity index (χ3n) is 2.90. The Hall–Kier alpha value is -1.46. The number of hydrogen-bond acceptors (Lipinski definition) is 2. The van der Waals surface area contributed by atoms with Crippen molar-refractivity contribution in [2.24, 2.45) is 5.92 Å². The Morgan fingerprint density at radius 3 is 2.82 bits per heavy atom. The first kappa shape index (κ1) is 12.0. The van der Waals surface area contributed by atoms with Crippen molar-refractivity contribution in [1.82, 2.24) is 4.90 Å². The van der Waals surface area contributed by atoms with Gasteiger partial charge in [-0.2, -0.15) is 13.2 Å². The normalized spacial score (nSPS) is 21.6. The number of halogens is 3. The minimum Gasteiger partial charge on any atom is -0.459 e. The second-order valence-corrected chi connectivity index (χ2v) is 4.11. The van der Waals surface area contributed by atoms with Crippen LogP contribution in [0.25, 0.3) is 0 Å². The van der Waals surface area contributed by atoms with Crippen LogP contribution in [-0.2, 0) is 0 Å². The van der Waals surface area contributed by atoms with Gasteiger partial charge >= 0.3 is 6.18 Å². The summed E-state index contributed by atoms with van der Waals surface area (Å²) in [6.07, 6.45) is -2.44. The van der Waals surface area contributed by atoms with Crippen molar-refractivity contribution < 1.29 is 22.4 Å². The summed E-state index contributed by atoms with van der Waals surface area (Å²) >= 11 is 0. The van der Waals surface area contributed by atoms with Crippen LogP contribution in [0.3, 0.4) is 0 Å². The van der Waals surface area contributed by atoms with Crippen LogP contribution < -0.4 is 0 Å². The number of nitrogens with zero attached hydrogens (tertiary/aromatic N) is 1. The number of carbonyl (C=O) groups excluding carboxylic acids is 1. The lowest BCUT2D eigenvalue weighted by molar-refractivity contribution is -0.184. The fourth-order valence-electron chi connectivity index (χ4n) is 1.98. The maximum Gasteiger partial charge on any atom is 0.393 e. The predicted octanol–water partition coefficient (Wildman–Crippen LogP) is 2.69. The summed E-state index contributed by atoms with van der Waals surface area (Å²) < 4.78 is 42.6. The van der Waals surface area contributed by atoms with E-state index in [9.17, 15) is 18.0 Å². The van der Waals surface area contributed by atoms with Gasteiger partial charge in [0, 0.05) is 13.1 Å². The van der Waals surface area contributed by atoms with Gasteiger partial charge < -0.3 is 9.32 Å². The second-order valence-electron chi connectivity index (χ2n) is 4.11. The van der Waals surface area contributed by atoms with Gasteiger partial charge in [0.05, 0.1) is 12.2 Å². The zero-order valence-electron chi connectivity index (χ0n) is 9.04. The van der Waals surface area contributed by atoms with Gasteiger partial charge in [0.2, 0.25) is 0 Å². The molecule has 0 aromatic carbocycles. The first-order chi connectivity index (χ1) is 7.98. The fraction of sp³-hybridized carbons (Fsp3) is 0.545. The lowest BCUT2D eigenvalue weighted by atomic mass is 9.97. The molecule has 6 heteroatoms. The second kappa shape index (κ2) is 4.43. The average molecular weight is 247 g/mol. The van der Waals surface area contributed by atoms with Gasteiger partial charge in [-0.3, -0.25) is 4.79 Å². The molecule has 3 nitrogen and oxygen atoms in total. The molecule has 94 valence electrons. The summed E-state index contributed by atoms with van der Waals surface area (Å²) in [5.74, 6) is -1.80. The molecule has 1 amide bonds. The molecule has 1 aromatic rings. The zero-order valence-corrected chi connectivity index (χ0v) is 9.04. The van der Waals surface area contributed by atoms with Gasteiger partial charge in [0.25, 0.3) is 5.91 Å². The van der Waals surface area contributed by atoms with Crippen LogP contribution in [-0.4, -0.2) is 30.1 Å². The smallest absolute Gasteiger partial charge is 0.393 e. The summed E-state index contributed by atoms with van der Waals surface area (Å²) in [5, 5.41) is 0. The van der Waals surface area contributed by atoms with Crippen molar-refractivity contribution in [3.05, 3.63) is 24.2 Å². The molecular formula is C11H12F3NO2. The predicted molar refractivity (Wildman–Crippen MR) is 53.4 cm³/mol. The number of furan rings is 1. The molecule has 1 aliphatic rings. The Labute approximate surface area is 96.2 Å². The van der Waals surface area contributed by atoms with Gasteiger partial charge in [0.15, 0.2) is 5.76 Å². The van der Waals surface area contributed by atoms with Gasteiger partial charge in [-0.25, -0.2) is 0 Å². The van der Waals surface area contributed by atoms with E-state index in [1.807, 2.05) is 0 Å². The molecule has 1 aliphatic heterocycles. The average Bonchev–Trinajstić information content (AvgIpc) is 2.80. The maximum absolute atomic E-state index is 12.6. The number of alkyl halides is 3. The molecule has 1 saturated heterocycles. The van der Waals surface area contributed by atoms with E-state index in [0.29, 0.717) is 13.0 Å². The van der Waals surface area contributed by atoms with Crippen LogP contribution in [0, 0.1) is 5.92 Å². The Kier molecular flexibility index (Phi) is 3.13. The van der Waals surface area contributed by atoms with Gasteiger partial charge in [-0.15, -0.1) is 0 Å². The standard InChI is InChI=1S/C11H12F3NO2/c12-11(13,14)8-3-1-5-15(7-8)10(16)9-4-2-6-17-9/h2,4,6,8H,1,3,5,7H2/t8-/m0/s1. The highest BCUT2D eigenvalue weighted by atomic mass is 19.4. The number of likely N-dealkylation sites (tertiary alicyclic amines) is 1. The maximum atomic E-state index is 12.6. The molecule has 2 rings (SSSR count). The third-order valence-corrected chi connectivity index (χ3v) is 2.90. The molecule has 1 atom stereocenters. The highest BCUT2D eigenvalue weighted by Crippen LogP contribution is 2.33. The molecule has 1 fully saturated rings. The highest BCUT2D eigenvalue weighted by Gasteiger charge is 2.42. The van der Waals surface area contributed by atoms with Crippen molar-refractivity contribution in [3.8, 4) is 0 Å². The zero-order chi connectivity index (χ0) is 12.5. The van der Waals surface area contributed by atoms with E-state index in [-0.39, 0.29) is 18.7 Å². The molecule has 1 aromatic heterocycles. The Balaban J connectivity index is 2.05. The molecule has 0 saturated carbocycles. The van der Waals surface area contributed by atoms with E-state index in [2.05, 4.69) is 0 Å². The van der Waals surface area contributed by atoms with Gasteiger partial charge in [-0.1, -0.05) is 0 Å². The van der Waals surface area contributed by atoms with Crippen LogP contribution >= 0.6 is 0 Å². The summed E-state index contributed by atoms with van der Waals surface area (Å²) in [4.78, 5) is 13.0. The Bertz CT molecular complexity index is 386. The van der Waals surface area contributed by atoms with Crippen molar-refractivity contribution in [1.29, 1.82) is 0 Å². The quantitative estimate of drug-likeness (QED) is 0.764. The van der Waals surface area contributed by atoms with E-state index < -0.39 is 18.0 Å². The van der Waals surface area contributed by atoms with E-state index in [0.717, 1.165) is 0 Å². The summed E-state index contributed by atoms with van der Waals surface area (Å²) in [5.41, 5.74) is 0. The molecular weight excluding hydrogens is 235 g/mol. The molecule has 17 heavy (non-hydrogen) atoms. The molecule has 2 heterocycles. The Morgan fingerprint density at radius 2 is 2.24 bits per heavy atom. The van der Waals surface area contributed by atoms with Crippen LogP contribution in [0.4, 0.5) is 13.2 Å².